The van der Waals surface area contributed by atoms with Crippen molar-refractivity contribution in [3.63, 3.8) is 0 Å². The summed E-state index contributed by atoms with van der Waals surface area (Å²) < 4.78 is 42.9. The summed E-state index contributed by atoms with van der Waals surface area (Å²) in [5.74, 6) is -0.467. The van der Waals surface area contributed by atoms with E-state index in [1.165, 1.54) is 154 Å². The van der Waals surface area contributed by atoms with Crippen LogP contribution in [-0.2, 0) is 0 Å². The van der Waals surface area contributed by atoms with Crippen LogP contribution >= 0.6 is 0 Å². The molecule has 31 heteroatoms. The van der Waals surface area contributed by atoms with Crippen LogP contribution in [0.5, 0.6) is 5.75 Å². The van der Waals surface area contributed by atoms with Gasteiger partial charge in [0.2, 0.25) is 0 Å². The fourth-order valence-corrected chi connectivity index (χ4v) is 22.1. The van der Waals surface area contributed by atoms with Gasteiger partial charge < -0.3 is 43.9 Å². The van der Waals surface area contributed by atoms with Crippen LogP contribution in [0.25, 0.3) is 111 Å². The number of hydrogen-bond acceptors (Lipinski definition) is 25. The van der Waals surface area contributed by atoms with Gasteiger partial charge in [0.25, 0.3) is 0 Å². The molecule has 8 aliphatic heterocycles. The van der Waals surface area contributed by atoms with Crippen LogP contribution in [0.2, 0.25) is 0 Å². The van der Waals surface area contributed by atoms with Gasteiger partial charge in [-0.1, -0.05) is 24.3 Å². The number of piperidine rings is 4. The summed E-state index contributed by atoms with van der Waals surface area (Å²) in [7, 11) is 10.3. The van der Waals surface area contributed by atoms with Crippen molar-refractivity contribution in [2.75, 3.05) is 212 Å². The third-order valence-electron chi connectivity index (χ3n) is 30.7. The Morgan fingerprint density at radius 3 is 1.03 bits per heavy atom. The summed E-state index contributed by atoms with van der Waals surface area (Å²) in [6, 6.07) is 28.4. The maximum atomic E-state index is 15.2. The minimum absolute atomic E-state index is 0.193. The Morgan fingerprint density at radius 2 is 0.642 bits per heavy atom. The molecule has 4 aromatic carbocycles. The summed E-state index contributed by atoms with van der Waals surface area (Å²) in [6.07, 6.45) is 38.5. The number of piperazine rings is 4. The molecule has 20 heterocycles. The van der Waals surface area contributed by atoms with Crippen LogP contribution in [0.1, 0.15) is 79.3 Å². The van der Waals surface area contributed by atoms with E-state index in [1.54, 1.807) is 60.5 Å². The summed E-state index contributed by atoms with van der Waals surface area (Å²) in [5, 5.41) is 21.8. The number of rotatable bonds is 13. The Kier molecular flexibility index (Phi) is 26.3. The number of pyridine rings is 4. The lowest BCUT2D eigenvalue weighted by atomic mass is 9.99. The number of methoxy groups -OCH3 is 1. The zero-order valence-corrected chi connectivity index (χ0v) is 80.8. The maximum Gasteiger partial charge on any atom is 0.175 e. The highest BCUT2D eigenvalue weighted by atomic mass is 19.1. The van der Waals surface area contributed by atoms with E-state index < -0.39 is 5.82 Å². The molecule has 8 fully saturated rings. The third-order valence-corrected chi connectivity index (χ3v) is 30.7. The van der Waals surface area contributed by atoms with Crippen molar-refractivity contribution >= 4 is 88.9 Å². The van der Waals surface area contributed by atoms with Gasteiger partial charge >= 0.3 is 0 Å². The van der Waals surface area contributed by atoms with Crippen LogP contribution in [0.4, 0.5) is 31.5 Å². The molecule has 0 bridgehead atoms. The fraction of sp³-hybridized carbons (Fsp3) is 0.434. The zero-order chi connectivity index (χ0) is 93.6. The van der Waals surface area contributed by atoms with Gasteiger partial charge in [0, 0.05) is 260 Å². The number of nitrogens with zero attached hydrogens (tertiary/aromatic N) is 28. The molecular formula is C106H126F2N28O. The smallest absolute Gasteiger partial charge is 0.175 e. The molecule has 0 N–H and O–H groups in total. The van der Waals surface area contributed by atoms with Gasteiger partial charge in [-0.2, -0.15) is 20.4 Å². The molecule has 8 aliphatic rings. The minimum atomic E-state index is -0.424. The van der Waals surface area contributed by atoms with E-state index in [0.29, 0.717) is 62.7 Å². The first kappa shape index (κ1) is 91.0. The van der Waals surface area contributed by atoms with Crippen LogP contribution in [-0.4, -0.2) is 334 Å². The van der Waals surface area contributed by atoms with Gasteiger partial charge in [0.1, 0.15) is 5.82 Å². The maximum absolute atomic E-state index is 15.2. The number of likely N-dealkylation sites (N-methyl/N-ethyl adjacent to an activating group) is 4. The second kappa shape index (κ2) is 39.6. The Bertz CT molecular complexity index is 6890. The molecule has 0 saturated carbocycles. The second-order valence-corrected chi connectivity index (χ2v) is 39.2. The summed E-state index contributed by atoms with van der Waals surface area (Å²) >= 11 is 0. The summed E-state index contributed by atoms with van der Waals surface area (Å²) in [5.41, 5.74) is 23.7. The first-order valence-electron chi connectivity index (χ1n) is 49.3. The number of aromatic nitrogens is 16. The number of aryl methyl sites for hydroxylation is 5. The van der Waals surface area contributed by atoms with Gasteiger partial charge in [0.05, 0.1) is 126 Å². The normalized spacial score (nSPS) is 18.8. The molecular weight excluding hydrogens is 1720 g/mol. The second-order valence-electron chi connectivity index (χ2n) is 39.2. The Hall–Kier alpha value is -12.5. The number of ether oxygens (including phenoxy) is 1. The Labute approximate surface area is 799 Å². The van der Waals surface area contributed by atoms with Crippen molar-refractivity contribution in [3.8, 4) is 50.3 Å². The molecule has 137 heavy (non-hydrogen) atoms. The lowest BCUT2D eigenvalue weighted by Crippen LogP contribution is -2.52. The topological polar surface area (TPSA) is 220 Å². The lowest BCUT2D eigenvalue weighted by Gasteiger charge is -2.42. The predicted molar refractivity (Wildman–Crippen MR) is 542 cm³/mol. The van der Waals surface area contributed by atoms with Crippen molar-refractivity contribution in [1.29, 1.82) is 0 Å². The molecule has 0 spiro atoms. The molecule has 0 radical (unpaired) electrons. The van der Waals surface area contributed by atoms with Crippen molar-refractivity contribution in [2.24, 2.45) is 0 Å². The number of hydrogen-bond donors (Lipinski definition) is 0. The summed E-state index contributed by atoms with van der Waals surface area (Å²) in [4.78, 5) is 67.5. The van der Waals surface area contributed by atoms with Gasteiger partial charge in [-0.05, 0) is 202 Å². The average Bonchev–Trinajstić information content (AvgIpc) is 1.72. The molecule has 29 nitrogen and oxygen atoms in total. The molecule has 0 unspecified atom stereocenters. The first-order chi connectivity index (χ1) is 66.8. The fourth-order valence-electron chi connectivity index (χ4n) is 22.1. The average molecular weight is 1850 g/mol. The van der Waals surface area contributed by atoms with E-state index in [9.17, 15) is 0 Å². The molecule has 8 saturated heterocycles. The van der Waals surface area contributed by atoms with Crippen molar-refractivity contribution in [1.82, 2.24) is 118 Å². The van der Waals surface area contributed by atoms with Gasteiger partial charge in [0.15, 0.2) is 34.2 Å². The molecule has 16 aromatic rings. The van der Waals surface area contributed by atoms with E-state index in [-0.39, 0.29) is 11.6 Å². The van der Waals surface area contributed by atoms with E-state index in [4.69, 9.17) is 34.8 Å². The first-order valence-corrected chi connectivity index (χ1v) is 49.3. The van der Waals surface area contributed by atoms with Crippen LogP contribution in [0.3, 0.4) is 0 Å². The highest BCUT2D eigenvalue weighted by Gasteiger charge is 2.34. The third kappa shape index (κ3) is 18.8. The molecule has 710 valence electrons. The number of para-hydroxylation sites is 1. The zero-order valence-electron chi connectivity index (χ0n) is 80.8. The molecule has 0 amide bonds. The number of halogens is 2. The Balaban J connectivity index is 0.000000109. The standard InChI is InChI=1S/2C27H33N7.C26H30FN7O.C26H30FN7/c1-19-14-24-23(4-7-28-26(24)15-20(19)2)25-17-30-34-18-22(16-29-27(25)34)32-8-5-21(6-9-32)33-12-10-31(3)11-13-33;1-19-5-4-6-23-24(15-20(2)30-26(19)23)25-17-29-34-18-22(16-28-27(25)34)32-9-7-21(8-10-32)33-13-11-31(3)12-14-33;1-31-11-13-33(14-12-31)18-6-9-32(10-7-18)19-15-29-26-21(16-30-34(26)17-19)20-5-8-28-22-3-4-23(35-2)25(27)24(20)22;1-18-3-4-23-24(25(18)27)21(5-8-28-23)22-16-30-34-17-20(15-29-26(22)34)32-9-6-19(7-10-32)33-13-11-31(2)12-14-33/h4,7,14-18,21H,5-6,8-13H2,1-3H3;4-6,15-18,21H,7-14H2,1-3H3;3-5,8,15-18H,6-7,9-14H2,1-2H3;3-5,8,15-17,19H,6-7,9-14H2,1-2H3. The SMILES string of the molecule is COc1ccc2nccc(-c3cnn4cc(N5CCC(N6CCN(C)CC6)CC5)cnc34)c2c1F.Cc1cc(-c2cnn3cc(N4CCC(N5CCN(C)CC5)CC4)cnc23)c2cccc(C)c2n1.Cc1cc2nccc(-c3cnn4cc(N5CCC(N6CCN(C)CC6)CC5)cnc34)c2cc1C.Cc1ccc2nccc(-c3cnn4cc(N5CCC(N6CCN(C)CC6)CC5)cnc34)c2c1F. The number of benzene rings is 4. The predicted octanol–water partition coefficient (Wildman–Crippen LogP) is 14.5. The number of anilines is 4. The van der Waals surface area contributed by atoms with Gasteiger partial charge in [-0.25, -0.2) is 46.8 Å². The van der Waals surface area contributed by atoms with Crippen LogP contribution < -0.4 is 24.3 Å². The highest BCUT2D eigenvalue weighted by Crippen LogP contribution is 2.41. The quantitative estimate of drug-likeness (QED) is 0.105. The lowest BCUT2D eigenvalue weighted by molar-refractivity contribution is 0.0982. The van der Waals surface area contributed by atoms with Crippen LogP contribution in [0.15, 0.2) is 172 Å². The molecule has 24 rings (SSSR count). The van der Waals surface area contributed by atoms with Crippen molar-refractivity contribution < 1.29 is 13.5 Å². The molecule has 12 aromatic heterocycles. The van der Waals surface area contributed by atoms with E-state index >= 15 is 8.78 Å². The van der Waals surface area contributed by atoms with Gasteiger partial charge in [-0.3, -0.25) is 39.5 Å². The van der Waals surface area contributed by atoms with Crippen molar-refractivity contribution in [2.45, 2.75) is 110 Å². The minimum Gasteiger partial charge on any atom is -0.494 e. The molecule has 0 aliphatic carbocycles. The largest absolute Gasteiger partial charge is 0.494 e. The Morgan fingerprint density at radius 1 is 0.299 bits per heavy atom. The van der Waals surface area contributed by atoms with Crippen molar-refractivity contribution in [3.05, 3.63) is 211 Å². The number of fused-ring (bicyclic) bond motifs is 8. The highest BCUT2D eigenvalue weighted by molar-refractivity contribution is 6.02. The van der Waals surface area contributed by atoms with E-state index in [0.717, 1.165) is 184 Å². The summed E-state index contributed by atoms with van der Waals surface area (Å²) in [6.45, 7) is 37.5. The van der Waals surface area contributed by atoms with Crippen LogP contribution in [0, 0.1) is 46.3 Å². The van der Waals surface area contributed by atoms with Gasteiger partial charge in [-0.15, -0.1) is 0 Å². The molecule has 0 atom stereocenters. The van der Waals surface area contributed by atoms with E-state index in [2.05, 4.69) is 200 Å². The monoisotopic (exact) mass is 1850 g/mol. The van der Waals surface area contributed by atoms with E-state index in [1.807, 2.05) is 81.5 Å².